The molecule has 0 radical (unpaired) electrons. The molecule has 5 nitrogen and oxygen atoms in total. The number of aromatic nitrogens is 2. The lowest BCUT2D eigenvalue weighted by Crippen LogP contribution is -2.32. The Bertz CT molecular complexity index is 800. The van der Waals surface area contributed by atoms with Crippen LogP contribution in [0.5, 0.6) is 0 Å². The molecule has 1 saturated heterocycles. The molecule has 0 aliphatic carbocycles. The number of carbonyl (C=O) groups excluding carboxylic acids is 1. The first-order valence-corrected chi connectivity index (χ1v) is 9.70. The molecule has 1 aliphatic rings. The zero-order chi connectivity index (χ0) is 18.1. The summed E-state index contributed by atoms with van der Waals surface area (Å²) in [7, 11) is 0. The second-order valence-electron chi connectivity index (χ2n) is 5.89. The van der Waals surface area contributed by atoms with E-state index in [0.29, 0.717) is 23.0 Å². The predicted molar refractivity (Wildman–Crippen MR) is 96.9 cm³/mol. The van der Waals surface area contributed by atoms with E-state index in [1.54, 1.807) is 11.1 Å². The molecule has 0 bridgehead atoms. The van der Waals surface area contributed by atoms with E-state index in [9.17, 15) is 9.18 Å². The number of carbonyl (C=O) groups is 1. The van der Waals surface area contributed by atoms with E-state index in [4.69, 9.17) is 4.74 Å². The van der Waals surface area contributed by atoms with Gasteiger partial charge < -0.3 is 4.74 Å². The Morgan fingerprint density at radius 3 is 2.84 bits per heavy atom. The molecule has 8 heteroatoms. The van der Waals surface area contributed by atoms with Gasteiger partial charge in [0.05, 0.1) is 22.8 Å². The van der Waals surface area contributed by atoms with Crippen molar-refractivity contribution in [3.8, 4) is 0 Å². The number of amides is 1. The molecule has 25 heavy (non-hydrogen) atoms. The van der Waals surface area contributed by atoms with Gasteiger partial charge in [-0.25, -0.2) is 19.2 Å². The van der Waals surface area contributed by atoms with Crippen LogP contribution in [0.1, 0.15) is 29.8 Å². The van der Waals surface area contributed by atoms with Gasteiger partial charge in [0.1, 0.15) is 11.9 Å². The normalized spacial score (nSPS) is 20.0. The van der Waals surface area contributed by atoms with E-state index in [0.717, 1.165) is 10.0 Å². The van der Waals surface area contributed by atoms with Crippen molar-refractivity contribution in [1.29, 1.82) is 0 Å². The predicted octanol–water partition coefficient (Wildman–Crippen LogP) is 4.49. The minimum absolute atomic E-state index is 0.242. The van der Waals surface area contributed by atoms with E-state index >= 15 is 0 Å². The molecular formula is C17H17BrFN3O2S. The molecule has 2 heterocycles. The number of rotatable bonds is 4. The zero-order valence-electron chi connectivity index (χ0n) is 14.0. The molecule has 0 saturated carbocycles. The van der Waals surface area contributed by atoms with Crippen molar-refractivity contribution in [3.63, 3.8) is 0 Å². The quantitative estimate of drug-likeness (QED) is 0.533. The third-order valence-electron chi connectivity index (χ3n) is 4.08. The van der Waals surface area contributed by atoms with Crippen molar-refractivity contribution in [2.75, 3.05) is 6.26 Å². The molecule has 1 amide bonds. The highest BCUT2D eigenvalue weighted by Gasteiger charge is 2.40. The van der Waals surface area contributed by atoms with Crippen LogP contribution in [-0.4, -0.2) is 33.3 Å². The molecule has 0 spiro atoms. The van der Waals surface area contributed by atoms with Gasteiger partial charge in [0, 0.05) is 6.20 Å². The van der Waals surface area contributed by atoms with Crippen molar-refractivity contribution < 1.29 is 13.9 Å². The highest BCUT2D eigenvalue weighted by molar-refractivity contribution is 9.10. The maximum atomic E-state index is 13.7. The Labute approximate surface area is 158 Å². The smallest absolute Gasteiger partial charge is 0.411 e. The van der Waals surface area contributed by atoms with Gasteiger partial charge >= 0.3 is 6.09 Å². The minimum atomic E-state index is -0.512. The molecule has 0 unspecified atom stereocenters. The van der Waals surface area contributed by atoms with Gasteiger partial charge in [0.15, 0.2) is 5.16 Å². The second-order valence-corrected chi connectivity index (χ2v) is 7.51. The fourth-order valence-electron chi connectivity index (χ4n) is 2.84. The van der Waals surface area contributed by atoms with Gasteiger partial charge in [-0.3, -0.25) is 4.90 Å². The number of aryl methyl sites for hydroxylation is 1. The average Bonchev–Trinajstić information content (AvgIpc) is 2.84. The summed E-state index contributed by atoms with van der Waals surface area (Å²) in [5.74, 6) is -0.333. The summed E-state index contributed by atoms with van der Waals surface area (Å²) in [6, 6.07) is 4.46. The fraction of sp³-hybridized carbons (Fsp3) is 0.353. The van der Waals surface area contributed by atoms with Crippen LogP contribution in [0, 0.1) is 12.7 Å². The van der Waals surface area contributed by atoms with Crippen molar-refractivity contribution in [2.24, 2.45) is 0 Å². The lowest BCUT2D eigenvalue weighted by molar-refractivity contribution is 0.130. The number of benzene rings is 1. The lowest BCUT2D eigenvalue weighted by Gasteiger charge is -2.21. The number of nitrogens with zero attached hydrogens (tertiary/aromatic N) is 3. The van der Waals surface area contributed by atoms with Gasteiger partial charge in [-0.1, -0.05) is 17.8 Å². The average molecular weight is 426 g/mol. The van der Waals surface area contributed by atoms with Crippen molar-refractivity contribution >= 4 is 33.8 Å². The Kier molecular flexibility index (Phi) is 5.29. The van der Waals surface area contributed by atoms with Crippen LogP contribution in [0.15, 0.2) is 34.0 Å². The Balaban J connectivity index is 1.85. The Hall–Kier alpha value is -1.67. The SMILES string of the molecule is CSc1ncc(Br)c(CN2C(=O)O[C@H](c3cc(C)cc(F)c3)[C@@H]2C)n1. The van der Waals surface area contributed by atoms with Crippen LogP contribution < -0.4 is 0 Å². The third kappa shape index (κ3) is 3.79. The fourth-order valence-corrected chi connectivity index (χ4v) is 3.52. The van der Waals surface area contributed by atoms with Gasteiger partial charge in [0.25, 0.3) is 0 Å². The number of cyclic esters (lactones) is 1. The molecule has 3 rings (SSSR count). The van der Waals surface area contributed by atoms with Crippen molar-refractivity contribution in [1.82, 2.24) is 14.9 Å². The van der Waals surface area contributed by atoms with E-state index in [-0.39, 0.29) is 11.9 Å². The first-order chi connectivity index (χ1) is 11.9. The van der Waals surface area contributed by atoms with Crippen LogP contribution in [0.2, 0.25) is 0 Å². The summed E-state index contributed by atoms with van der Waals surface area (Å²) in [6.45, 7) is 4.00. The number of hydrogen-bond donors (Lipinski definition) is 0. The van der Waals surface area contributed by atoms with Gasteiger partial charge in [-0.15, -0.1) is 0 Å². The first kappa shape index (κ1) is 18.1. The van der Waals surface area contributed by atoms with Crippen LogP contribution >= 0.6 is 27.7 Å². The van der Waals surface area contributed by atoms with Crippen LogP contribution in [0.25, 0.3) is 0 Å². The summed E-state index contributed by atoms with van der Waals surface area (Å²) in [6.07, 6.45) is 2.62. The van der Waals surface area contributed by atoms with Crippen molar-refractivity contribution in [3.05, 3.63) is 51.5 Å². The summed E-state index contributed by atoms with van der Waals surface area (Å²) in [5, 5.41) is 0.635. The highest BCUT2D eigenvalue weighted by atomic mass is 79.9. The standard InChI is InChI=1S/C17H17BrFN3O2S/c1-9-4-11(6-12(19)5-9)15-10(2)22(17(23)24-15)8-14-13(18)7-20-16(21-14)25-3/h4-7,10,15H,8H2,1-3H3/t10-,15-/m0/s1. The summed E-state index contributed by atoms with van der Waals surface area (Å²) in [4.78, 5) is 22.6. The molecule has 1 aliphatic heterocycles. The van der Waals surface area contributed by atoms with E-state index in [1.807, 2.05) is 26.2 Å². The molecule has 2 atom stereocenters. The van der Waals surface area contributed by atoms with Crippen LogP contribution in [0.4, 0.5) is 9.18 Å². The van der Waals surface area contributed by atoms with Gasteiger partial charge in [0.2, 0.25) is 0 Å². The molecule has 1 fully saturated rings. The summed E-state index contributed by atoms with van der Waals surface area (Å²) in [5.41, 5.74) is 2.16. The van der Waals surface area contributed by atoms with Crippen LogP contribution in [0.3, 0.4) is 0 Å². The Morgan fingerprint density at radius 1 is 1.40 bits per heavy atom. The zero-order valence-corrected chi connectivity index (χ0v) is 16.4. The largest absolute Gasteiger partial charge is 0.439 e. The van der Waals surface area contributed by atoms with Gasteiger partial charge in [-0.05, 0) is 59.3 Å². The molecule has 1 aromatic heterocycles. The summed E-state index contributed by atoms with van der Waals surface area (Å²) < 4.78 is 19.9. The van der Waals surface area contributed by atoms with Crippen LogP contribution in [-0.2, 0) is 11.3 Å². The first-order valence-electron chi connectivity index (χ1n) is 7.68. The minimum Gasteiger partial charge on any atom is -0.439 e. The summed E-state index contributed by atoms with van der Waals surface area (Å²) >= 11 is 4.86. The van der Waals surface area contributed by atoms with E-state index in [1.165, 1.54) is 23.9 Å². The molecular weight excluding hydrogens is 409 g/mol. The van der Waals surface area contributed by atoms with E-state index < -0.39 is 12.2 Å². The van der Waals surface area contributed by atoms with E-state index in [2.05, 4.69) is 25.9 Å². The topological polar surface area (TPSA) is 55.3 Å². The monoisotopic (exact) mass is 425 g/mol. The van der Waals surface area contributed by atoms with Gasteiger partial charge in [-0.2, -0.15) is 0 Å². The maximum Gasteiger partial charge on any atom is 0.411 e. The second kappa shape index (κ2) is 7.29. The number of ether oxygens (including phenoxy) is 1. The molecule has 132 valence electrons. The Morgan fingerprint density at radius 2 is 2.16 bits per heavy atom. The van der Waals surface area contributed by atoms with Crippen molar-refractivity contribution in [2.45, 2.75) is 37.7 Å². The third-order valence-corrected chi connectivity index (χ3v) is 5.31. The molecule has 2 aromatic rings. The lowest BCUT2D eigenvalue weighted by atomic mass is 10.0. The number of thioether (sulfide) groups is 1. The number of hydrogen-bond acceptors (Lipinski definition) is 5. The molecule has 1 aromatic carbocycles. The maximum absolute atomic E-state index is 13.7. The molecule has 0 N–H and O–H groups in total. The highest BCUT2D eigenvalue weighted by Crippen LogP contribution is 2.34. The number of halogens is 2.